The number of aryl methyl sites for hydroxylation is 2. The number of aromatic nitrogens is 1. The van der Waals surface area contributed by atoms with Crippen molar-refractivity contribution in [1.29, 1.82) is 0 Å². The fourth-order valence-electron chi connectivity index (χ4n) is 2.20. The maximum absolute atomic E-state index is 9.46. The van der Waals surface area contributed by atoms with Gasteiger partial charge < -0.3 is 10.0 Å². The van der Waals surface area contributed by atoms with Crippen molar-refractivity contribution < 1.29 is 5.11 Å². The van der Waals surface area contributed by atoms with Crippen LogP contribution in [-0.4, -0.2) is 29.3 Å². The molecular formula is C12H20N2OS. The van der Waals surface area contributed by atoms with Gasteiger partial charge in [-0.3, -0.25) is 0 Å². The van der Waals surface area contributed by atoms with Gasteiger partial charge in [-0.1, -0.05) is 12.8 Å². The first-order chi connectivity index (χ1) is 7.72. The first kappa shape index (κ1) is 11.9. The van der Waals surface area contributed by atoms with Crippen LogP contribution in [0.15, 0.2) is 0 Å². The van der Waals surface area contributed by atoms with Crippen molar-refractivity contribution in [1.82, 2.24) is 4.98 Å². The lowest BCUT2D eigenvalue weighted by Gasteiger charge is -2.28. The van der Waals surface area contributed by atoms with Crippen molar-refractivity contribution in [3.05, 3.63) is 10.6 Å². The maximum Gasteiger partial charge on any atom is 0.186 e. The lowest BCUT2D eigenvalue weighted by molar-refractivity contribution is 0.255. The fourth-order valence-corrected chi connectivity index (χ4v) is 3.21. The van der Waals surface area contributed by atoms with E-state index in [1.807, 2.05) is 0 Å². The number of aliphatic hydroxyl groups is 1. The molecule has 1 saturated heterocycles. The van der Waals surface area contributed by atoms with E-state index in [2.05, 4.69) is 23.7 Å². The Morgan fingerprint density at radius 1 is 1.38 bits per heavy atom. The van der Waals surface area contributed by atoms with Gasteiger partial charge in [0.25, 0.3) is 0 Å². The highest BCUT2D eigenvalue weighted by Crippen LogP contribution is 2.29. The molecule has 1 aromatic rings. The quantitative estimate of drug-likeness (QED) is 0.863. The molecule has 1 N–H and O–H groups in total. The van der Waals surface area contributed by atoms with Gasteiger partial charge in [-0.15, -0.1) is 11.3 Å². The number of nitrogens with zero attached hydrogens (tertiary/aromatic N) is 2. The Bertz CT molecular complexity index is 331. The molecule has 2 rings (SSSR count). The number of rotatable bonds is 2. The summed E-state index contributed by atoms with van der Waals surface area (Å²) in [6.07, 6.45) is 4.81. The Labute approximate surface area is 101 Å². The van der Waals surface area contributed by atoms with Gasteiger partial charge in [-0.05, 0) is 26.7 Å². The van der Waals surface area contributed by atoms with E-state index in [1.54, 1.807) is 11.3 Å². The molecule has 0 radical (unpaired) electrons. The second kappa shape index (κ2) is 5.15. The van der Waals surface area contributed by atoms with E-state index >= 15 is 0 Å². The highest BCUT2D eigenvalue weighted by molar-refractivity contribution is 7.15. The molecule has 0 amide bonds. The SMILES string of the molecule is Cc1nc(N2CCCCCC2CO)sc1C. The molecule has 0 aromatic carbocycles. The standard InChI is InChI=1S/C12H20N2OS/c1-9-10(2)16-12(13-9)14-7-5-3-4-6-11(14)8-15/h11,15H,3-8H2,1-2H3. The third kappa shape index (κ3) is 2.38. The molecule has 2 heterocycles. The summed E-state index contributed by atoms with van der Waals surface area (Å²) in [7, 11) is 0. The van der Waals surface area contributed by atoms with Crippen LogP contribution < -0.4 is 4.90 Å². The maximum atomic E-state index is 9.46. The van der Waals surface area contributed by atoms with E-state index in [1.165, 1.54) is 24.1 Å². The molecule has 1 unspecified atom stereocenters. The Morgan fingerprint density at radius 3 is 2.81 bits per heavy atom. The molecule has 1 aliphatic rings. The molecule has 1 atom stereocenters. The topological polar surface area (TPSA) is 36.4 Å². The number of thiazole rings is 1. The molecule has 90 valence electrons. The van der Waals surface area contributed by atoms with Crippen LogP contribution in [-0.2, 0) is 0 Å². The first-order valence-electron chi connectivity index (χ1n) is 6.04. The van der Waals surface area contributed by atoms with Crippen LogP contribution in [0.4, 0.5) is 5.13 Å². The van der Waals surface area contributed by atoms with Gasteiger partial charge in [-0.25, -0.2) is 4.98 Å². The Balaban J connectivity index is 2.21. The minimum atomic E-state index is 0.248. The summed E-state index contributed by atoms with van der Waals surface area (Å²) < 4.78 is 0. The zero-order valence-corrected chi connectivity index (χ0v) is 10.9. The minimum Gasteiger partial charge on any atom is -0.394 e. The van der Waals surface area contributed by atoms with Crippen molar-refractivity contribution in [3.63, 3.8) is 0 Å². The summed E-state index contributed by atoms with van der Waals surface area (Å²) in [5, 5.41) is 10.6. The van der Waals surface area contributed by atoms with E-state index in [4.69, 9.17) is 0 Å². The molecule has 3 nitrogen and oxygen atoms in total. The normalized spacial score (nSPS) is 22.2. The van der Waals surface area contributed by atoms with Gasteiger partial charge in [0, 0.05) is 11.4 Å². The minimum absolute atomic E-state index is 0.248. The molecule has 1 aromatic heterocycles. The number of hydrogen-bond acceptors (Lipinski definition) is 4. The van der Waals surface area contributed by atoms with Crippen molar-refractivity contribution in [3.8, 4) is 0 Å². The van der Waals surface area contributed by atoms with Gasteiger partial charge >= 0.3 is 0 Å². The average Bonchev–Trinajstić information content (AvgIpc) is 2.53. The molecule has 1 aliphatic heterocycles. The van der Waals surface area contributed by atoms with E-state index in [-0.39, 0.29) is 12.6 Å². The molecule has 0 saturated carbocycles. The zero-order valence-electron chi connectivity index (χ0n) is 10.1. The molecule has 0 bridgehead atoms. The number of anilines is 1. The lowest BCUT2D eigenvalue weighted by atomic mass is 10.1. The molecule has 16 heavy (non-hydrogen) atoms. The third-order valence-electron chi connectivity index (χ3n) is 3.35. The fraction of sp³-hybridized carbons (Fsp3) is 0.750. The second-order valence-corrected chi connectivity index (χ2v) is 5.70. The Morgan fingerprint density at radius 2 is 2.19 bits per heavy atom. The van der Waals surface area contributed by atoms with Crippen LogP contribution in [0.2, 0.25) is 0 Å². The highest BCUT2D eigenvalue weighted by Gasteiger charge is 2.23. The molecule has 0 aliphatic carbocycles. The van der Waals surface area contributed by atoms with E-state index in [0.717, 1.165) is 23.8 Å². The smallest absolute Gasteiger partial charge is 0.186 e. The predicted octanol–water partition coefficient (Wildman–Crippen LogP) is 2.50. The lowest BCUT2D eigenvalue weighted by Crippen LogP contribution is -2.37. The zero-order chi connectivity index (χ0) is 11.5. The van der Waals surface area contributed by atoms with Crippen molar-refractivity contribution in [2.75, 3.05) is 18.1 Å². The summed E-state index contributed by atoms with van der Waals surface area (Å²) in [6, 6.07) is 0.271. The third-order valence-corrected chi connectivity index (χ3v) is 4.46. The van der Waals surface area contributed by atoms with Crippen LogP contribution in [0, 0.1) is 13.8 Å². The van der Waals surface area contributed by atoms with Crippen LogP contribution in [0.25, 0.3) is 0 Å². The summed E-state index contributed by atoms with van der Waals surface area (Å²) in [4.78, 5) is 8.20. The molecule has 1 fully saturated rings. The van der Waals surface area contributed by atoms with Crippen molar-refractivity contribution in [2.45, 2.75) is 45.6 Å². The van der Waals surface area contributed by atoms with Gasteiger partial charge in [0.2, 0.25) is 0 Å². The molecule has 4 heteroatoms. The second-order valence-electron chi connectivity index (χ2n) is 4.52. The van der Waals surface area contributed by atoms with Crippen LogP contribution in [0.3, 0.4) is 0 Å². The number of hydrogen-bond donors (Lipinski definition) is 1. The summed E-state index contributed by atoms with van der Waals surface area (Å²) in [5.74, 6) is 0. The van der Waals surface area contributed by atoms with E-state index < -0.39 is 0 Å². The average molecular weight is 240 g/mol. The van der Waals surface area contributed by atoms with Gasteiger partial charge in [0.1, 0.15) is 0 Å². The van der Waals surface area contributed by atoms with Crippen LogP contribution in [0.1, 0.15) is 36.3 Å². The van der Waals surface area contributed by atoms with Gasteiger partial charge in [-0.2, -0.15) is 0 Å². The molecular weight excluding hydrogens is 220 g/mol. The monoisotopic (exact) mass is 240 g/mol. The Kier molecular flexibility index (Phi) is 3.82. The first-order valence-corrected chi connectivity index (χ1v) is 6.85. The van der Waals surface area contributed by atoms with Crippen LogP contribution in [0.5, 0.6) is 0 Å². The highest BCUT2D eigenvalue weighted by atomic mass is 32.1. The Hall–Kier alpha value is -0.610. The number of aliphatic hydroxyl groups excluding tert-OH is 1. The van der Waals surface area contributed by atoms with E-state index in [0.29, 0.717) is 0 Å². The summed E-state index contributed by atoms with van der Waals surface area (Å²) >= 11 is 1.75. The summed E-state index contributed by atoms with van der Waals surface area (Å²) in [5.41, 5.74) is 1.13. The van der Waals surface area contributed by atoms with Gasteiger partial charge in [0.15, 0.2) is 5.13 Å². The van der Waals surface area contributed by atoms with Crippen molar-refractivity contribution in [2.24, 2.45) is 0 Å². The summed E-state index contributed by atoms with van der Waals surface area (Å²) in [6.45, 7) is 5.46. The molecule has 0 spiro atoms. The largest absolute Gasteiger partial charge is 0.394 e. The predicted molar refractivity (Wildman–Crippen MR) is 68.3 cm³/mol. The van der Waals surface area contributed by atoms with E-state index in [9.17, 15) is 5.11 Å². The van der Waals surface area contributed by atoms with Crippen LogP contribution >= 0.6 is 11.3 Å². The van der Waals surface area contributed by atoms with Crippen molar-refractivity contribution >= 4 is 16.5 Å². The van der Waals surface area contributed by atoms with Gasteiger partial charge in [0.05, 0.1) is 18.3 Å².